The molecular weight excluding hydrogens is 517 g/mol. The molecule has 0 saturated carbocycles. The second-order valence-corrected chi connectivity index (χ2v) is 10.2. The van der Waals surface area contributed by atoms with Crippen LogP contribution in [0.15, 0.2) is 36.7 Å². The summed E-state index contributed by atoms with van der Waals surface area (Å²) < 4.78 is 50.9. The summed E-state index contributed by atoms with van der Waals surface area (Å²) in [6, 6.07) is 7.27. The first-order valence-electron chi connectivity index (χ1n) is 12.2. The van der Waals surface area contributed by atoms with Gasteiger partial charge < -0.3 is 19.4 Å². The van der Waals surface area contributed by atoms with Crippen LogP contribution in [0.3, 0.4) is 0 Å². The van der Waals surface area contributed by atoms with E-state index in [-0.39, 0.29) is 36.3 Å². The molecule has 0 radical (unpaired) electrons. The second-order valence-electron chi connectivity index (χ2n) is 10.2. The zero-order valence-electron chi connectivity index (χ0n) is 22.2. The van der Waals surface area contributed by atoms with Crippen LogP contribution in [0.2, 0.25) is 0 Å². The Morgan fingerprint density at radius 3 is 2.62 bits per heavy atom. The minimum atomic E-state index is -4.36. The second kappa shape index (κ2) is 10.5. The molecule has 1 N–H and O–H groups in total. The molecule has 3 aromatic rings. The molecule has 1 aliphatic heterocycles. The molecule has 0 bridgehead atoms. The molecule has 2 aromatic heterocycles. The van der Waals surface area contributed by atoms with Crippen LogP contribution in [0.1, 0.15) is 61.6 Å². The third kappa shape index (κ3) is 6.47. The van der Waals surface area contributed by atoms with E-state index in [9.17, 15) is 22.8 Å². The number of aromatic nitrogens is 4. The summed E-state index contributed by atoms with van der Waals surface area (Å²) >= 11 is 0. The summed E-state index contributed by atoms with van der Waals surface area (Å²) in [6.07, 6.45) is -4.79. The van der Waals surface area contributed by atoms with Crippen molar-refractivity contribution in [3.8, 4) is 17.3 Å². The first-order valence-corrected chi connectivity index (χ1v) is 12.2. The Hall–Kier alpha value is -4.16. The average Bonchev–Trinajstić information content (AvgIpc) is 3.46. The van der Waals surface area contributed by atoms with Gasteiger partial charge in [-0.2, -0.15) is 13.2 Å². The molecule has 3 heterocycles. The lowest BCUT2D eigenvalue weighted by Gasteiger charge is -2.20. The molecule has 4 rings (SSSR count). The minimum absolute atomic E-state index is 0.100. The third-order valence-electron chi connectivity index (χ3n) is 5.98. The van der Waals surface area contributed by atoms with Crippen molar-refractivity contribution < 1.29 is 32.2 Å². The van der Waals surface area contributed by atoms with Crippen molar-refractivity contribution in [2.24, 2.45) is 0 Å². The van der Waals surface area contributed by atoms with Gasteiger partial charge in [0.25, 0.3) is 5.91 Å². The number of methoxy groups -OCH3 is 1. The van der Waals surface area contributed by atoms with Crippen molar-refractivity contribution in [2.45, 2.75) is 65.0 Å². The summed E-state index contributed by atoms with van der Waals surface area (Å²) in [5.41, 5.74) is 1.35. The number of hydrogen-bond donors (Lipinski definition) is 1. The number of halogens is 3. The van der Waals surface area contributed by atoms with E-state index in [2.05, 4.69) is 20.5 Å². The summed E-state index contributed by atoms with van der Waals surface area (Å²) in [5, 5.41) is 10.5. The highest BCUT2D eigenvalue weighted by Crippen LogP contribution is 2.34. The minimum Gasteiger partial charge on any atom is -0.497 e. The van der Waals surface area contributed by atoms with Crippen molar-refractivity contribution in [3.05, 3.63) is 53.3 Å². The third-order valence-corrected chi connectivity index (χ3v) is 5.98. The molecule has 2 amide bonds. The Bertz CT molecular complexity index is 1380. The zero-order chi connectivity index (χ0) is 28.5. The lowest BCUT2D eigenvalue weighted by atomic mass is 10.0. The lowest BCUT2D eigenvalue weighted by molar-refractivity contribution is -0.141. The molecule has 10 nitrogen and oxygen atoms in total. The molecule has 0 spiro atoms. The number of fused-ring (bicyclic) bond motifs is 1. The standard InChI is InChI=1S/C26H29F3N6O4/c1-15(11-26(27,28)29)35-14-31-33-22(35)20-7-6-8-21(32-20)34-13-19-16(12-30-24(37)39-25(2,3)4)9-17(38-5)10-18(19)23(34)36/h6-10,14-15H,11-13H2,1-5H3,(H,30,37)/t15-/m0/s1. The number of hydrogen-bond acceptors (Lipinski definition) is 7. The molecule has 0 aliphatic carbocycles. The first-order chi connectivity index (χ1) is 18.3. The van der Waals surface area contributed by atoms with Crippen molar-refractivity contribution in [1.82, 2.24) is 25.1 Å². The van der Waals surface area contributed by atoms with Crippen LogP contribution in [0.4, 0.5) is 23.8 Å². The normalized spacial score (nSPS) is 14.3. The van der Waals surface area contributed by atoms with Crippen molar-refractivity contribution >= 4 is 17.8 Å². The van der Waals surface area contributed by atoms with Gasteiger partial charge in [-0.3, -0.25) is 9.69 Å². The van der Waals surface area contributed by atoms with E-state index < -0.39 is 30.3 Å². The molecule has 0 saturated heterocycles. The fraction of sp³-hybridized carbons (Fsp3) is 0.423. The Kier molecular flexibility index (Phi) is 7.53. The van der Waals surface area contributed by atoms with Gasteiger partial charge in [-0.05, 0) is 63.1 Å². The molecule has 0 fully saturated rings. The highest BCUT2D eigenvalue weighted by Gasteiger charge is 2.34. The van der Waals surface area contributed by atoms with Gasteiger partial charge >= 0.3 is 12.3 Å². The maximum atomic E-state index is 13.4. The number of ether oxygens (including phenoxy) is 2. The Labute approximate surface area is 223 Å². The Morgan fingerprint density at radius 2 is 1.95 bits per heavy atom. The van der Waals surface area contributed by atoms with Gasteiger partial charge in [0.15, 0.2) is 5.82 Å². The summed E-state index contributed by atoms with van der Waals surface area (Å²) in [4.78, 5) is 31.6. The predicted octanol–water partition coefficient (Wildman–Crippen LogP) is 5.05. The SMILES string of the molecule is COc1cc(CNC(=O)OC(C)(C)C)c2c(c1)C(=O)N(c1cccc(-c3nncn3[C@@H](C)CC(F)(F)F)n1)C2. The van der Waals surface area contributed by atoms with E-state index in [1.165, 1.54) is 29.8 Å². The Balaban J connectivity index is 1.61. The van der Waals surface area contributed by atoms with E-state index in [4.69, 9.17) is 9.47 Å². The molecule has 1 aromatic carbocycles. The van der Waals surface area contributed by atoms with E-state index in [1.54, 1.807) is 51.1 Å². The molecule has 1 atom stereocenters. The molecular formula is C26H29F3N6O4. The fourth-order valence-corrected chi connectivity index (χ4v) is 4.28. The van der Waals surface area contributed by atoms with Crippen molar-refractivity contribution in [1.29, 1.82) is 0 Å². The van der Waals surface area contributed by atoms with Crippen LogP contribution >= 0.6 is 0 Å². The molecule has 13 heteroatoms. The predicted molar refractivity (Wildman–Crippen MR) is 135 cm³/mol. The number of nitrogens with zero attached hydrogens (tertiary/aromatic N) is 5. The largest absolute Gasteiger partial charge is 0.497 e. The fourth-order valence-electron chi connectivity index (χ4n) is 4.28. The van der Waals surface area contributed by atoms with Crippen LogP contribution in [0.25, 0.3) is 11.5 Å². The van der Waals surface area contributed by atoms with Crippen LogP contribution in [-0.2, 0) is 17.8 Å². The number of alkyl halides is 3. The average molecular weight is 547 g/mol. The number of nitrogens with one attached hydrogen (secondary N) is 1. The number of rotatable bonds is 7. The number of amides is 2. The van der Waals surface area contributed by atoms with E-state index in [1.807, 2.05) is 0 Å². The van der Waals surface area contributed by atoms with E-state index in [0.717, 1.165) is 0 Å². The van der Waals surface area contributed by atoms with Crippen LogP contribution in [0.5, 0.6) is 5.75 Å². The smallest absolute Gasteiger partial charge is 0.407 e. The van der Waals surface area contributed by atoms with Crippen LogP contribution < -0.4 is 15.0 Å². The maximum Gasteiger partial charge on any atom is 0.407 e. The number of carbonyl (C=O) groups is 2. The van der Waals surface area contributed by atoms with Crippen LogP contribution in [-0.4, -0.2) is 50.6 Å². The van der Waals surface area contributed by atoms with Gasteiger partial charge in [0, 0.05) is 18.2 Å². The van der Waals surface area contributed by atoms with Crippen molar-refractivity contribution in [3.63, 3.8) is 0 Å². The molecule has 39 heavy (non-hydrogen) atoms. The topological polar surface area (TPSA) is 111 Å². The van der Waals surface area contributed by atoms with Gasteiger partial charge in [0.2, 0.25) is 0 Å². The Morgan fingerprint density at radius 1 is 1.21 bits per heavy atom. The summed E-state index contributed by atoms with van der Waals surface area (Å²) in [6.45, 7) is 6.96. The van der Waals surface area contributed by atoms with Crippen LogP contribution in [0, 0.1) is 0 Å². The maximum absolute atomic E-state index is 13.4. The first kappa shape index (κ1) is 27.9. The number of pyridine rings is 1. The molecule has 208 valence electrons. The number of benzene rings is 1. The van der Waals surface area contributed by atoms with E-state index in [0.29, 0.717) is 22.4 Å². The summed E-state index contributed by atoms with van der Waals surface area (Å²) in [5.74, 6) is 0.552. The van der Waals surface area contributed by atoms with E-state index >= 15 is 0 Å². The van der Waals surface area contributed by atoms with Gasteiger partial charge in [-0.15, -0.1) is 10.2 Å². The monoisotopic (exact) mass is 546 g/mol. The number of carbonyl (C=O) groups excluding carboxylic acids is 2. The lowest BCUT2D eigenvalue weighted by Crippen LogP contribution is -2.32. The van der Waals surface area contributed by atoms with Gasteiger partial charge in [0.1, 0.15) is 29.2 Å². The highest BCUT2D eigenvalue weighted by molar-refractivity contribution is 6.10. The summed E-state index contributed by atoms with van der Waals surface area (Å²) in [7, 11) is 1.48. The number of anilines is 1. The van der Waals surface area contributed by atoms with Gasteiger partial charge in [0.05, 0.1) is 20.1 Å². The zero-order valence-corrected chi connectivity index (χ0v) is 22.2. The molecule has 0 unspecified atom stereocenters. The van der Waals surface area contributed by atoms with Crippen molar-refractivity contribution in [2.75, 3.05) is 12.0 Å². The quantitative estimate of drug-likeness (QED) is 0.442. The molecule has 1 aliphatic rings. The van der Waals surface area contributed by atoms with Gasteiger partial charge in [-0.1, -0.05) is 6.07 Å². The highest BCUT2D eigenvalue weighted by atomic mass is 19.4. The number of alkyl carbamates (subject to hydrolysis) is 1. The van der Waals surface area contributed by atoms with Gasteiger partial charge in [-0.25, -0.2) is 9.78 Å².